The van der Waals surface area contributed by atoms with Gasteiger partial charge in [-0.25, -0.2) is 22.3 Å². The molecule has 12 heteroatoms. The van der Waals surface area contributed by atoms with Gasteiger partial charge >= 0.3 is 6.03 Å². The molecule has 8 nitrogen and oxygen atoms in total. The Morgan fingerprint density at radius 1 is 1.24 bits per heavy atom. The Morgan fingerprint density at radius 3 is 2.58 bits per heavy atom. The van der Waals surface area contributed by atoms with E-state index in [9.17, 15) is 22.4 Å². The number of nitrogens with one attached hydrogen (secondary N) is 2. The van der Waals surface area contributed by atoms with Crippen LogP contribution < -0.4 is 14.8 Å². The summed E-state index contributed by atoms with van der Waals surface area (Å²) in [6.07, 6.45) is 4.17. The summed E-state index contributed by atoms with van der Waals surface area (Å²) >= 11 is 0. The van der Waals surface area contributed by atoms with Crippen molar-refractivity contribution >= 4 is 37.7 Å². The standard InChI is InChI=1S/C21H32B2FN3O5S/c1-2-21(22,23)32-17-11-15(10-16(24)12-17)19(14-6-7-14)26-33(30,31)9-5-3-4-8-27-13-18(28)25-20(27)29/h10-12,14,19,26H,2-9,13,22-23H2,1H3,(H,25,28,29). The van der Waals surface area contributed by atoms with E-state index in [1.807, 2.05) is 22.6 Å². The summed E-state index contributed by atoms with van der Waals surface area (Å²) in [5, 5.41) is 1.76. The van der Waals surface area contributed by atoms with Crippen LogP contribution in [0.15, 0.2) is 18.2 Å². The predicted octanol–water partition coefficient (Wildman–Crippen LogP) is 0.627. The van der Waals surface area contributed by atoms with Gasteiger partial charge in [0.15, 0.2) is 0 Å². The molecule has 1 atom stereocenters. The van der Waals surface area contributed by atoms with Crippen molar-refractivity contribution in [1.82, 2.24) is 14.9 Å². The maximum atomic E-state index is 14.3. The van der Waals surface area contributed by atoms with Crippen LogP contribution in [0.3, 0.4) is 0 Å². The zero-order valence-corrected chi connectivity index (χ0v) is 20.3. The average molecular weight is 479 g/mol. The molecule has 2 N–H and O–H groups in total. The maximum Gasteiger partial charge on any atom is 0.324 e. The number of halogens is 1. The Kier molecular flexibility index (Phi) is 8.10. The Bertz CT molecular complexity index is 988. The number of carbonyl (C=O) groups is 2. The van der Waals surface area contributed by atoms with Crippen LogP contribution >= 0.6 is 0 Å². The molecule has 0 spiro atoms. The average Bonchev–Trinajstić information content (AvgIpc) is 3.50. The van der Waals surface area contributed by atoms with Crippen molar-refractivity contribution in [3.05, 3.63) is 29.6 Å². The molecule has 0 aromatic heterocycles. The highest BCUT2D eigenvalue weighted by molar-refractivity contribution is 7.89. The molecule has 33 heavy (non-hydrogen) atoms. The van der Waals surface area contributed by atoms with Crippen LogP contribution in [0.1, 0.15) is 57.1 Å². The van der Waals surface area contributed by atoms with Gasteiger partial charge < -0.3 is 9.64 Å². The zero-order valence-electron chi connectivity index (χ0n) is 19.5. The van der Waals surface area contributed by atoms with Gasteiger partial charge in [-0.05, 0) is 55.7 Å². The van der Waals surface area contributed by atoms with Crippen molar-refractivity contribution in [1.29, 1.82) is 0 Å². The second-order valence-electron chi connectivity index (χ2n) is 9.52. The summed E-state index contributed by atoms with van der Waals surface area (Å²) in [5.41, 5.74) is 0.577. The Labute approximate surface area is 196 Å². The third-order valence-corrected chi connectivity index (χ3v) is 7.55. The lowest BCUT2D eigenvalue weighted by Gasteiger charge is -2.27. The van der Waals surface area contributed by atoms with E-state index in [0.29, 0.717) is 37.1 Å². The van der Waals surface area contributed by atoms with Crippen LogP contribution in [0.4, 0.5) is 9.18 Å². The molecule has 2 fully saturated rings. The Morgan fingerprint density at radius 2 is 1.97 bits per heavy atom. The van der Waals surface area contributed by atoms with Gasteiger partial charge in [0.1, 0.15) is 33.8 Å². The molecule has 1 aromatic carbocycles. The van der Waals surface area contributed by atoms with E-state index in [1.54, 1.807) is 6.07 Å². The van der Waals surface area contributed by atoms with E-state index in [-0.39, 0.29) is 24.1 Å². The number of nitrogens with zero attached hydrogens (tertiary/aromatic N) is 1. The lowest BCUT2D eigenvalue weighted by Crippen LogP contribution is -2.36. The highest BCUT2D eigenvalue weighted by Crippen LogP contribution is 2.42. The number of urea groups is 1. The van der Waals surface area contributed by atoms with E-state index in [1.165, 1.54) is 17.0 Å². The first kappa shape index (κ1) is 25.6. The van der Waals surface area contributed by atoms with Gasteiger partial charge in [0.2, 0.25) is 15.9 Å². The van der Waals surface area contributed by atoms with Crippen molar-refractivity contribution in [2.24, 2.45) is 5.92 Å². The molecule has 3 rings (SSSR count). The molecular weight excluding hydrogens is 447 g/mol. The largest absolute Gasteiger partial charge is 0.505 e. The van der Waals surface area contributed by atoms with Gasteiger partial charge in [0.05, 0.1) is 5.75 Å². The third-order valence-electron chi connectivity index (χ3n) is 6.11. The molecule has 2 aliphatic rings. The fourth-order valence-corrected chi connectivity index (χ4v) is 5.19. The molecule has 1 heterocycles. The molecule has 180 valence electrons. The van der Waals surface area contributed by atoms with Gasteiger partial charge in [0, 0.05) is 24.1 Å². The van der Waals surface area contributed by atoms with Crippen molar-refractivity contribution in [2.75, 3.05) is 18.8 Å². The van der Waals surface area contributed by atoms with Crippen molar-refractivity contribution in [3.8, 4) is 5.75 Å². The minimum absolute atomic E-state index is 0.0521. The number of rotatable bonds is 13. The monoisotopic (exact) mass is 479 g/mol. The number of sulfonamides is 1. The maximum absolute atomic E-state index is 14.3. The van der Waals surface area contributed by atoms with Crippen LogP contribution in [0, 0.1) is 11.7 Å². The number of imide groups is 1. The number of ether oxygens (including phenoxy) is 1. The van der Waals surface area contributed by atoms with Crippen LogP contribution in [0.2, 0.25) is 0 Å². The van der Waals surface area contributed by atoms with Crippen molar-refractivity contribution < 1.29 is 27.1 Å². The second kappa shape index (κ2) is 10.5. The quantitative estimate of drug-likeness (QED) is 0.246. The van der Waals surface area contributed by atoms with Gasteiger partial charge in [-0.3, -0.25) is 10.1 Å². The lowest BCUT2D eigenvalue weighted by molar-refractivity contribution is -0.118. The molecule has 1 saturated carbocycles. The molecule has 1 aromatic rings. The number of benzene rings is 1. The topological polar surface area (TPSA) is 105 Å². The lowest BCUT2D eigenvalue weighted by atomic mass is 9.63. The predicted molar refractivity (Wildman–Crippen MR) is 128 cm³/mol. The fourth-order valence-electron chi connectivity index (χ4n) is 3.77. The molecule has 3 amide bonds. The highest BCUT2D eigenvalue weighted by Gasteiger charge is 2.35. The van der Waals surface area contributed by atoms with E-state index in [4.69, 9.17) is 4.74 Å². The SMILES string of the molecule is BC(B)(CC)Oc1cc(F)cc(C(NS(=O)(=O)CCCCCN2CC(=O)NC2=O)C2CC2)c1. The molecular formula is C21H32B2FN3O5S. The molecule has 0 radical (unpaired) electrons. The minimum atomic E-state index is -3.58. The Balaban J connectivity index is 1.56. The fraction of sp³-hybridized carbons (Fsp3) is 0.619. The summed E-state index contributed by atoms with van der Waals surface area (Å²) in [6.45, 7) is 2.45. The first-order valence-corrected chi connectivity index (χ1v) is 13.2. The number of carbonyl (C=O) groups excluding carboxylic acids is 2. The van der Waals surface area contributed by atoms with Crippen molar-refractivity contribution in [3.63, 3.8) is 0 Å². The highest BCUT2D eigenvalue weighted by atomic mass is 32.2. The molecule has 1 unspecified atom stereocenters. The second-order valence-corrected chi connectivity index (χ2v) is 11.4. The summed E-state index contributed by atoms with van der Waals surface area (Å²) in [7, 11) is 0.268. The number of unbranched alkanes of at least 4 members (excludes halogenated alkanes) is 2. The number of hydrogen-bond acceptors (Lipinski definition) is 5. The van der Waals surface area contributed by atoms with Crippen molar-refractivity contribution in [2.45, 2.75) is 56.9 Å². The Hall–Kier alpha value is -2.07. The third kappa shape index (κ3) is 7.74. The van der Waals surface area contributed by atoms with Crippen LogP contribution in [0.5, 0.6) is 5.75 Å². The first-order chi connectivity index (χ1) is 15.5. The smallest absolute Gasteiger partial charge is 0.324 e. The summed E-state index contributed by atoms with van der Waals surface area (Å²) < 4.78 is 48.6. The van der Waals surface area contributed by atoms with E-state index >= 15 is 0 Å². The summed E-state index contributed by atoms with van der Waals surface area (Å²) in [5.74, 6) is -0.292. The summed E-state index contributed by atoms with van der Waals surface area (Å²) in [4.78, 5) is 24.1. The molecule has 1 aliphatic carbocycles. The molecule has 1 saturated heterocycles. The van der Waals surface area contributed by atoms with E-state index in [0.717, 1.165) is 19.3 Å². The molecule has 0 bridgehead atoms. The van der Waals surface area contributed by atoms with Gasteiger partial charge in [-0.15, -0.1) is 0 Å². The van der Waals surface area contributed by atoms with Gasteiger partial charge in [-0.1, -0.05) is 13.3 Å². The first-order valence-electron chi connectivity index (χ1n) is 11.6. The van der Waals surface area contributed by atoms with E-state index in [2.05, 4.69) is 10.0 Å². The van der Waals surface area contributed by atoms with Crippen LogP contribution in [-0.4, -0.2) is 65.2 Å². The minimum Gasteiger partial charge on any atom is -0.505 e. The normalized spacial score (nSPS) is 17.8. The number of hydrogen-bond donors (Lipinski definition) is 2. The molecule has 1 aliphatic heterocycles. The van der Waals surface area contributed by atoms with Crippen LogP contribution in [-0.2, 0) is 14.8 Å². The summed E-state index contributed by atoms with van der Waals surface area (Å²) in [6, 6.07) is 3.54. The van der Waals surface area contributed by atoms with E-state index < -0.39 is 33.3 Å². The van der Waals surface area contributed by atoms with Crippen LogP contribution in [0.25, 0.3) is 0 Å². The van der Waals surface area contributed by atoms with Gasteiger partial charge in [0.25, 0.3) is 0 Å². The van der Waals surface area contributed by atoms with Gasteiger partial charge in [-0.2, -0.15) is 0 Å². The zero-order chi connectivity index (χ0) is 24.2. The number of amides is 3.